The van der Waals surface area contributed by atoms with Crippen LogP contribution in [-0.2, 0) is 26.0 Å². The van der Waals surface area contributed by atoms with Crippen molar-refractivity contribution in [2.45, 2.75) is 56.5 Å². The highest BCUT2D eigenvalue weighted by Crippen LogP contribution is 2.27. The van der Waals surface area contributed by atoms with Crippen LogP contribution in [0.15, 0.2) is 77.7 Å². The summed E-state index contributed by atoms with van der Waals surface area (Å²) >= 11 is 0. The van der Waals surface area contributed by atoms with Gasteiger partial charge in [0.25, 0.3) is 0 Å². The molecule has 1 aliphatic heterocycles. The van der Waals surface area contributed by atoms with Crippen molar-refractivity contribution in [3.63, 3.8) is 0 Å². The van der Waals surface area contributed by atoms with Crippen LogP contribution in [-0.4, -0.2) is 99.9 Å². The van der Waals surface area contributed by atoms with Crippen LogP contribution in [0.2, 0.25) is 0 Å². The molecule has 0 radical (unpaired) electrons. The average Bonchev–Trinajstić information content (AvgIpc) is 3.12. The third-order valence-corrected chi connectivity index (χ3v) is 10.6. The van der Waals surface area contributed by atoms with Gasteiger partial charge in [0.2, 0.25) is 15.9 Å². The van der Waals surface area contributed by atoms with Gasteiger partial charge in [0.15, 0.2) is 0 Å². The first-order valence-corrected chi connectivity index (χ1v) is 18.6. The Kier molecular flexibility index (Phi) is 14.5. The molecule has 0 saturated carbocycles. The smallest absolute Gasteiger partial charge is 0.318 e. The summed E-state index contributed by atoms with van der Waals surface area (Å²) < 4.78 is 39.3. The highest BCUT2D eigenvalue weighted by atomic mass is 32.2. The topological polar surface area (TPSA) is 164 Å². The second-order valence-electron chi connectivity index (χ2n) is 12.9. The molecule has 0 aliphatic carbocycles. The van der Waals surface area contributed by atoms with Crippen LogP contribution in [0.25, 0.3) is 11.1 Å². The lowest BCUT2D eigenvalue weighted by atomic mass is 9.94. The van der Waals surface area contributed by atoms with E-state index in [1.807, 2.05) is 62.4 Å². The SMILES string of the molecule is COc1ccc(-c2ccccc2C[C@H](NC(=O)N2CCOCC2)C(=O)NCCCC[C@@H](CO)N(CC(C)C)S(=O)(=O)c2ccc(N)cc2)cc1. The second-order valence-corrected chi connectivity index (χ2v) is 14.7. The minimum atomic E-state index is -3.88. The monoisotopic (exact) mass is 709 g/mol. The highest BCUT2D eigenvalue weighted by Gasteiger charge is 2.32. The van der Waals surface area contributed by atoms with E-state index in [1.165, 1.54) is 16.4 Å². The van der Waals surface area contributed by atoms with E-state index in [0.717, 1.165) is 22.4 Å². The molecule has 1 heterocycles. The lowest BCUT2D eigenvalue weighted by Crippen LogP contribution is -2.54. The molecule has 3 aromatic rings. The van der Waals surface area contributed by atoms with Crippen molar-refractivity contribution < 1.29 is 32.6 Å². The van der Waals surface area contributed by atoms with Crippen LogP contribution >= 0.6 is 0 Å². The largest absolute Gasteiger partial charge is 0.497 e. The molecule has 0 bridgehead atoms. The third kappa shape index (κ3) is 10.7. The molecule has 3 amide bonds. The number of hydrogen-bond acceptors (Lipinski definition) is 8. The summed E-state index contributed by atoms with van der Waals surface area (Å²) in [6.07, 6.45) is 1.78. The van der Waals surface area contributed by atoms with E-state index in [2.05, 4.69) is 10.6 Å². The van der Waals surface area contributed by atoms with Crippen molar-refractivity contribution in [1.29, 1.82) is 0 Å². The van der Waals surface area contributed by atoms with E-state index in [1.54, 1.807) is 24.1 Å². The predicted octanol–water partition coefficient (Wildman–Crippen LogP) is 3.89. The number of nitrogen functional groups attached to an aromatic ring is 1. The number of ether oxygens (including phenoxy) is 2. The van der Waals surface area contributed by atoms with Gasteiger partial charge >= 0.3 is 6.03 Å². The zero-order valence-electron chi connectivity index (χ0n) is 29.2. The first-order chi connectivity index (χ1) is 24.0. The van der Waals surface area contributed by atoms with Gasteiger partial charge in [-0.25, -0.2) is 13.2 Å². The lowest BCUT2D eigenvalue weighted by molar-refractivity contribution is -0.123. The molecular weight excluding hydrogens is 659 g/mol. The maximum absolute atomic E-state index is 13.7. The van der Waals surface area contributed by atoms with E-state index in [9.17, 15) is 23.1 Å². The number of anilines is 1. The van der Waals surface area contributed by atoms with Gasteiger partial charge in [0.1, 0.15) is 11.8 Å². The van der Waals surface area contributed by atoms with Crippen molar-refractivity contribution >= 4 is 27.6 Å². The third-order valence-electron chi connectivity index (χ3n) is 8.67. The van der Waals surface area contributed by atoms with Gasteiger partial charge in [0, 0.05) is 44.3 Å². The Balaban J connectivity index is 1.42. The van der Waals surface area contributed by atoms with Crippen LogP contribution < -0.4 is 21.1 Å². The molecule has 1 aliphatic rings. The van der Waals surface area contributed by atoms with Crippen LogP contribution in [0.1, 0.15) is 38.7 Å². The Bertz CT molecular complexity index is 1630. The summed E-state index contributed by atoms with van der Waals surface area (Å²) in [5.41, 5.74) is 9.05. The summed E-state index contributed by atoms with van der Waals surface area (Å²) in [6, 6.07) is 19.7. The number of nitrogens with zero attached hydrogens (tertiary/aromatic N) is 2. The van der Waals surface area contributed by atoms with Crippen LogP contribution in [0.3, 0.4) is 0 Å². The fourth-order valence-corrected chi connectivity index (χ4v) is 7.74. The number of aliphatic hydroxyl groups is 1. The fraction of sp³-hybridized carbons (Fsp3) is 0.459. The van der Waals surface area contributed by atoms with E-state index in [4.69, 9.17) is 15.2 Å². The molecule has 13 heteroatoms. The number of carbonyl (C=O) groups excluding carboxylic acids is 2. The molecule has 2 atom stereocenters. The van der Waals surface area contributed by atoms with Crippen LogP contribution in [0, 0.1) is 5.92 Å². The number of hydrogen-bond donors (Lipinski definition) is 4. The van der Waals surface area contributed by atoms with Gasteiger partial charge in [-0.15, -0.1) is 0 Å². The summed E-state index contributed by atoms with van der Waals surface area (Å²) in [4.78, 5) is 28.7. The van der Waals surface area contributed by atoms with E-state index in [0.29, 0.717) is 57.8 Å². The molecule has 1 fully saturated rings. The maximum atomic E-state index is 13.7. The fourth-order valence-electron chi connectivity index (χ4n) is 5.93. The Hall–Kier alpha value is -4.17. The minimum Gasteiger partial charge on any atom is -0.497 e. The number of urea groups is 1. The van der Waals surface area contributed by atoms with Gasteiger partial charge in [0.05, 0.1) is 31.8 Å². The Labute approximate surface area is 296 Å². The number of sulfonamides is 1. The first kappa shape index (κ1) is 38.6. The van der Waals surface area contributed by atoms with Gasteiger partial charge in [-0.2, -0.15) is 4.31 Å². The predicted molar refractivity (Wildman–Crippen MR) is 194 cm³/mol. The van der Waals surface area contributed by atoms with Gasteiger partial charge in [-0.1, -0.05) is 56.7 Å². The van der Waals surface area contributed by atoms with Gasteiger partial charge < -0.3 is 35.8 Å². The molecule has 0 spiro atoms. The number of benzene rings is 3. The second kappa shape index (κ2) is 18.7. The van der Waals surface area contributed by atoms with Gasteiger partial charge in [-0.3, -0.25) is 4.79 Å². The quantitative estimate of drug-likeness (QED) is 0.121. The number of rotatable bonds is 17. The molecule has 272 valence electrons. The zero-order valence-corrected chi connectivity index (χ0v) is 30.0. The minimum absolute atomic E-state index is 0.0337. The molecule has 1 saturated heterocycles. The first-order valence-electron chi connectivity index (χ1n) is 17.1. The molecular formula is C37H51N5O7S. The van der Waals surface area contributed by atoms with Crippen molar-refractivity contribution in [3.8, 4) is 16.9 Å². The number of unbranched alkanes of at least 4 members (excludes halogenated alkanes) is 1. The number of nitrogens with two attached hydrogens (primary N) is 1. The molecule has 0 unspecified atom stereocenters. The molecule has 5 N–H and O–H groups in total. The Morgan fingerprint density at radius 2 is 1.68 bits per heavy atom. The average molecular weight is 710 g/mol. The van der Waals surface area contributed by atoms with E-state index >= 15 is 0 Å². The van der Waals surface area contributed by atoms with Crippen molar-refractivity contribution in [2.24, 2.45) is 5.92 Å². The summed E-state index contributed by atoms with van der Waals surface area (Å²) in [6.45, 7) is 5.85. The van der Waals surface area contributed by atoms with Crippen molar-refractivity contribution in [2.75, 3.05) is 58.8 Å². The number of morpholine rings is 1. The standard InChI is InChI=1S/C37H51N5O7S/c1-27(2)25-42(50(46,47)33-17-13-30(38)14-18-33)31(26-43)9-6-7-19-39-36(44)35(40-37(45)41-20-22-49-23-21-41)24-29-8-4-5-10-34(29)28-11-15-32(48-3)16-12-28/h4-5,8,10-18,27,31,35,43H,6-7,9,19-26,38H2,1-3H3,(H,39,44)(H,40,45)/t31-,35-/m0/s1. The Morgan fingerprint density at radius 3 is 2.32 bits per heavy atom. The van der Waals surface area contributed by atoms with Crippen molar-refractivity contribution in [3.05, 3.63) is 78.4 Å². The van der Waals surface area contributed by atoms with Crippen LogP contribution in [0.4, 0.5) is 10.5 Å². The molecule has 3 aromatic carbocycles. The maximum Gasteiger partial charge on any atom is 0.318 e. The summed E-state index contributed by atoms with van der Waals surface area (Å²) in [5.74, 6) is 0.455. The molecule has 50 heavy (non-hydrogen) atoms. The number of carbonyl (C=O) groups is 2. The molecule has 0 aromatic heterocycles. The highest BCUT2D eigenvalue weighted by molar-refractivity contribution is 7.89. The Morgan fingerprint density at radius 1 is 1.00 bits per heavy atom. The molecule has 12 nitrogen and oxygen atoms in total. The zero-order chi connectivity index (χ0) is 36.1. The van der Waals surface area contributed by atoms with Crippen LogP contribution in [0.5, 0.6) is 5.75 Å². The van der Waals surface area contributed by atoms with E-state index in [-0.39, 0.29) is 42.3 Å². The summed E-state index contributed by atoms with van der Waals surface area (Å²) in [5, 5.41) is 16.2. The number of amides is 3. The van der Waals surface area contributed by atoms with E-state index < -0.39 is 22.1 Å². The molecule has 4 rings (SSSR count). The number of aliphatic hydroxyl groups excluding tert-OH is 1. The van der Waals surface area contributed by atoms with Crippen molar-refractivity contribution in [1.82, 2.24) is 19.8 Å². The lowest BCUT2D eigenvalue weighted by Gasteiger charge is -2.31. The number of methoxy groups -OCH3 is 1. The summed E-state index contributed by atoms with van der Waals surface area (Å²) in [7, 11) is -2.27. The number of nitrogens with one attached hydrogen (secondary N) is 2. The van der Waals surface area contributed by atoms with Gasteiger partial charge in [-0.05, 0) is 71.8 Å². The normalized spacial score (nSPS) is 14.7.